The van der Waals surface area contributed by atoms with Gasteiger partial charge in [-0.05, 0) is 25.1 Å². The summed E-state index contributed by atoms with van der Waals surface area (Å²) in [5, 5.41) is 38.2. The minimum atomic E-state index is -1.30. The quantitative estimate of drug-likeness (QED) is 0.648. The van der Waals surface area contributed by atoms with Crippen LogP contribution in [0.2, 0.25) is 0 Å². The van der Waals surface area contributed by atoms with Crippen molar-refractivity contribution < 1.29 is 25.2 Å². The number of hydrogen-bond donors (Lipinski definition) is 4. The number of phenolic OH excluding ortho intramolecular Hbond substituents is 3. The van der Waals surface area contributed by atoms with Gasteiger partial charge in [0.05, 0.1) is 0 Å². The van der Waals surface area contributed by atoms with Crippen molar-refractivity contribution in [1.82, 2.24) is 0 Å². The molecule has 6 nitrogen and oxygen atoms in total. The van der Waals surface area contributed by atoms with Gasteiger partial charge < -0.3 is 20.4 Å². The standard InChI is InChI=1S/C16H15NO5/c1-9(11-7-6-10(18)8-14(11)20)17-15(16(21)22)12-4-2-3-5-13(12)19/h2-8,15,18-20H,1H3,(H,21,22). The molecule has 1 unspecified atom stereocenters. The number of hydrogen-bond acceptors (Lipinski definition) is 5. The third-order valence-corrected chi connectivity index (χ3v) is 3.16. The lowest BCUT2D eigenvalue weighted by Gasteiger charge is -2.12. The van der Waals surface area contributed by atoms with Crippen LogP contribution in [-0.2, 0) is 4.79 Å². The molecule has 4 N–H and O–H groups in total. The largest absolute Gasteiger partial charge is 0.508 e. The molecule has 1 atom stereocenters. The molecule has 114 valence electrons. The summed E-state index contributed by atoms with van der Waals surface area (Å²) in [5.74, 6) is -1.70. The molecule has 0 aliphatic rings. The van der Waals surface area contributed by atoms with E-state index in [0.29, 0.717) is 5.56 Å². The third kappa shape index (κ3) is 3.17. The van der Waals surface area contributed by atoms with Gasteiger partial charge in [0, 0.05) is 22.9 Å². The fraction of sp³-hybridized carbons (Fsp3) is 0.125. The lowest BCUT2D eigenvalue weighted by molar-refractivity contribution is -0.138. The minimum Gasteiger partial charge on any atom is -0.508 e. The van der Waals surface area contributed by atoms with Crippen molar-refractivity contribution in [3.63, 3.8) is 0 Å². The SMILES string of the molecule is CC(=NC(C(=O)O)c1ccccc1O)c1ccc(O)cc1O. The van der Waals surface area contributed by atoms with E-state index in [9.17, 15) is 25.2 Å². The molecule has 0 fully saturated rings. The molecule has 0 spiro atoms. The molecule has 0 radical (unpaired) electrons. The highest BCUT2D eigenvalue weighted by atomic mass is 16.4. The van der Waals surface area contributed by atoms with E-state index in [1.54, 1.807) is 19.1 Å². The number of rotatable bonds is 4. The number of carboxylic acid groups (broad SMARTS) is 1. The molecule has 0 saturated heterocycles. The predicted octanol–water partition coefficient (Wildman–Crippen LogP) is 2.44. The highest BCUT2D eigenvalue weighted by Crippen LogP contribution is 2.29. The van der Waals surface area contributed by atoms with E-state index in [2.05, 4.69) is 4.99 Å². The Morgan fingerprint density at radius 3 is 2.32 bits per heavy atom. The zero-order valence-electron chi connectivity index (χ0n) is 11.8. The first-order valence-corrected chi connectivity index (χ1v) is 6.47. The van der Waals surface area contributed by atoms with E-state index < -0.39 is 12.0 Å². The second-order valence-electron chi connectivity index (χ2n) is 4.72. The maximum atomic E-state index is 11.4. The van der Waals surface area contributed by atoms with E-state index in [0.717, 1.165) is 6.07 Å². The minimum absolute atomic E-state index is 0.107. The normalized spacial score (nSPS) is 12.9. The second kappa shape index (κ2) is 6.17. The number of phenols is 3. The first kappa shape index (κ1) is 15.4. The molecule has 0 saturated carbocycles. The summed E-state index contributed by atoms with van der Waals surface area (Å²) in [6.07, 6.45) is 0. The predicted molar refractivity (Wildman–Crippen MR) is 80.5 cm³/mol. The van der Waals surface area contributed by atoms with E-state index in [1.807, 2.05) is 0 Å². The summed E-state index contributed by atoms with van der Waals surface area (Å²) < 4.78 is 0. The molecule has 0 aromatic heterocycles. The smallest absolute Gasteiger partial charge is 0.333 e. The van der Waals surface area contributed by atoms with Crippen molar-refractivity contribution in [1.29, 1.82) is 0 Å². The summed E-state index contributed by atoms with van der Waals surface area (Å²) >= 11 is 0. The van der Waals surface area contributed by atoms with Gasteiger partial charge in [-0.2, -0.15) is 0 Å². The van der Waals surface area contributed by atoms with Crippen LogP contribution in [0.4, 0.5) is 0 Å². The molecule has 2 aromatic rings. The number of nitrogens with zero attached hydrogens (tertiary/aromatic N) is 1. The van der Waals surface area contributed by atoms with E-state index in [-0.39, 0.29) is 28.5 Å². The second-order valence-corrected chi connectivity index (χ2v) is 4.72. The Labute approximate surface area is 126 Å². The summed E-state index contributed by atoms with van der Waals surface area (Å²) in [6.45, 7) is 1.54. The molecule has 0 amide bonds. The van der Waals surface area contributed by atoms with Gasteiger partial charge in [-0.3, -0.25) is 4.99 Å². The number of carbonyl (C=O) groups is 1. The Bertz CT molecular complexity index is 739. The number of aliphatic imine (C=N–C) groups is 1. The van der Waals surface area contributed by atoms with Crippen molar-refractivity contribution in [3.8, 4) is 17.2 Å². The maximum absolute atomic E-state index is 11.4. The van der Waals surface area contributed by atoms with Gasteiger partial charge >= 0.3 is 5.97 Å². The number of para-hydroxylation sites is 1. The monoisotopic (exact) mass is 301 g/mol. The van der Waals surface area contributed by atoms with Crippen LogP contribution in [0.1, 0.15) is 24.1 Å². The molecule has 2 rings (SSSR count). The summed E-state index contributed by atoms with van der Waals surface area (Å²) in [7, 11) is 0. The van der Waals surface area contributed by atoms with Gasteiger partial charge in [0.2, 0.25) is 0 Å². The van der Waals surface area contributed by atoms with Crippen LogP contribution in [0.25, 0.3) is 0 Å². The maximum Gasteiger partial charge on any atom is 0.333 e. The Kier molecular flexibility index (Phi) is 4.31. The number of aliphatic carboxylic acids is 1. The average molecular weight is 301 g/mol. The Balaban J connectivity index is 2.46. The van der Waals surface area contributed by atoms with E-state index >= 15 is 0 Å². The number of carboxylic acids is 1. The first-order chi connectivity index (χ1) is 10.4. The average Bonchev–Trinajstić information content (AvgIpc) is 2.45. The van der Waals surface area contributed by atoms with Crippen molar-refractivity contribution in [2.75, 3.05) is 0 Å². The van der Waals surface area contributed by atoms with Crippen LogP contribution in [0, 0.1) is 0 Å². The molecule has 0 aliphatic heterocycles. The van der Waals surface area contributed by atoms with Crippen LogP contribution < -0.4 is 0 Å². The fourth-order valence-corrected chi connectivity index (χ4v) is 2.07. The van der Waals surface area contributed by atoms with Crippen LogP contribution in [0.15, 0.2) is 47.5 Å². The van der Waals surface area contributed by atoms with Crippen molar-refractivity contribution in [2.24, 2.45) is 4.99 Å². The highest BCUT2D eigenvalue weighted by molar-refractivity contribution is 6.02. The molecule has 0 heterocycles. The highest BCUT2D eigenvalue weighted by Gasteiger charge is 2.22. The van der Waals surface area contributed by atoms with E-state index in [4.69, 9.17) is 0 Å². The fourth-order valence-electron chi connectivity index (χ4n) is 2.07. The molecular formula is C16H15NO5. The van der Waals surface area contributed by atoms with Gasteiger partial charge in [-0.1, -0.05) is 18.2 Å². The molecule has 0 bridgehead atoms. The van der Waals surface area contributed by atoms with Crippen LogP contribution >= 0.6 is 0 Å². The van der Waals surface area contributed by atoms with Crippen LogP contribution in [0.3, 0.4) is 0 Å². The molecular weight excluding hydrogens is 286 g/mol. The van der Waals surface area contributed by atoms with Gasteiger partial charge in [0.1, 0.15) is 17.2 Å². The van der Waals surface area contributed by atoms with Gasteiger partial charge in [-0.15, -0.1) is 0 Å². The Morgan fingerprint density at radius 2 is 1.73 bits per heavy atom. The summed E-state index contributed by atoms with van der Waals surface area (Å²) in [6, 6.07) is 8.69. The van der Waals surface area contributed by atoms with Gasteiger partial charge in [-0.25, -0.2) is 4.79 Å². The Morgan fingerprint density at radius 1 is 1.05 bits per heavy atom. The lowest BCUT2D eigenvalue weighted by atomic mass is 10.0. The topological polar surface area (TPSA) is 110 Å². The van der Waals surface area contributed by atoms with Gasteiger partial charge in [0.25, 0.3) is 0 Å². The lowest BCUT2D eigenvalue weighted by Crippen LogP contribution is -2.12. The molecule has 2 aromatic carbocycles. The first-order valence-electron chi connectivity index (χ1n) is 6.47. The van der Waals surface area contributed by atoms with Gasteiger partial charge in [0.15, 0.2) is 6.04 Å². The third-order valence-electron chi connectivity index (χ3n) is 3.16. The number of aromatic hydroxyl groups is 3. The molecule has 6 heteroatoms. The zero-order valence-corrected chi connectivity index (χ0v) is 11.8. The number of benzene rings is 2. The Hall–Kier alpha value is -3.02. The van der Waals surface area contributed by atoms with Crippen LogP contribution in [0.5, 0.6) is 17.2 Å². The van der Waals surface area contributed by atoms with Crippen molar-refractivity contribution in [2.45, 2.75) is 13.0 Å². The zero-order chi connectivity index (χ0) is 16.3. The molecule has 22 heavy (non-hydrogen) atoms. The summed E-state index contributed by atoms with van der Waals surface area (Å²) in [5.41, 5.74) is 0.736. The molecule has 0 aliphatic carbocycles. The summed E-state index contributed by atoms with van der Waals surface area (Å²) in [4.78, 5) is 15.5. The van der Waals surface area contributed by atoms with E-state index in [1.165, 1.54) is 24.3 Å². The van der Waals surface area contributed by atoms with Crippen molar-refractivity contribution in [3.05, 3.63) is 53.6 Å². The van der Waals surface area contributed by atoms with Crippen molar-refractivity contribution >= 4 is 11.7 Å². The van der Waals surface area contributed by atoms with Crippen LogP contribution in [-0.4, -0.2) is 32.1 Å².